The number of carbonyl (C=O) groups is 1. The number of anilines is 1. The summed E-state index contributed by atoms with van der Waals surface area (Å²) in [5.74, 6) is 0.794. The highest BCUT2D eigenvalue weighted by Gasteiger charge is 2.21. The molecule has 2 N–H and O–H groups in total. The van der Waals surface area contributed by atoms with Gasteiger partial charge in [-0.2, -0.15) is 0 Å². The second-order valence-electron chi connectivity index (χ2n) is 7.06. The quantitative estimate of drug-likeness (QED) is 0.609. The van der Waals surface area contributed by atoms with Gasteiger partial charge in [0.1, 0.15) is 15.7 Å². The Morgan fingerprint density at radius 1 is 1.21 bits per heavy atom. The van der Waals surface area contributed by atoms with E-state index in [9.17, 15) is 9.59 Å². The molecule has 3 heterocycles. The van der Waals surface area contributed by atoms with Crippen LogP contribution in [0.4, 0.5) is 5.13 Å². The maximum atomic E-state index is 12.5. The van der Waals surface area contributed by atoms with Crippen molar-refractivity contribution in [2.75, 3.05) is 5.32 Å². The first-order valence-electron chi connectivity index (χ1n) is 9.75. The number of nitrogens with one attached hydrogen (secondary N) is 2. The van der Waals surface area contributed by atoms with E-state index in [1.54, 1.807) is 11.3 Å². The van der Waals surface area contributed by atoms with Crippen molar-refractivity contribution in [3.05, 3.63) is 31.6 Å². The average molecular weight is 418 g/mol. The third kappa shape index (κ3) is 3.73. The molecule has 0 saturated heterocycles. The molecule has 0 saturated carbocycles. The van der Waals surface area contributed by atoms with E-state index in [-0.39, 0.29) is 17.9 Å². The SMILES string of the molecule is CCC(CC)c1nnc(NC(=O)CCc2nc3sc4c(c3c(=O)[nH]2)CCC4)s1. The van der Waals surface area contributed by atoms with Crippen LogP contribution in [0.3, 0.4) is 0 Å². The molecule has 0 unspecified atom stereocenters. The van der Waals surface area contributed by atoms with Crippen molar-refractivity contribution in [3.63, 3.8) is 0 Å². The van der Waals surface area contributed by atoms with Gasteiger partial charge in [-0.25, -0.2) is 4.98 Å². The van der Waals surface area contributed by atoms with Gasteiger partial charge in [0, 0.05) is 23.6 Å². The summed E-state index contributed by atoms with van der Waals surface area (Å²) in [6.07, 6.45) is 5.75. The van der Waals surface area contributed by atoms with Crippen molar-refractivity contribution in [2.24, 2.45) is 0 Å². The van der Waals surface area contributed by atoms with E-state index in [1.807, 2.05) is 0 Å². The maximum Gasteiger partial charge on any atom is 0.259 e. The van der Waals surface area contributed by atoms with Crippen molar-refractivity contribution in [1.29, 1.82) is 0 Å². The van der Waals surface area contributed by atoms with Gasteiger partial charge < -0.3 is 10.3 Å². The molecule has 1 aliphatic rings. The Bertz CT molecular complexity index is 1060. The van der Waals surface area contributed by atoms with Crippen LogP contribution < -0.4 is 10.9 Å². The lowest BCUT2D eigenvalue weighted by molar-refractivity contribution is -0.116. The van der Waals surface area contributed by atoms with Crippen LogP contribution in [-0.4, -0.2) is 26.1 Å². The fraction of sp³-hybridized carbons (Fsp3) is 0.526. The molecular weight excluding hydrogens is 394 g/mol. The van der Waals surface area contributed by atoms with E-state index in [0.717, 1.165) is 47.3 Å². The third-order valence-corrected chi connectivity index (χ3v) is 7.42. The molecule has 3 aromatic rings. The van der Waals surface area contributed by atoms with Crippen molar-refractivity contribution in [2.45, 2.75) is 64.7 Å². The van der Waals surface area contributed by atoms with Crippen molar-refractivity contribution < 1.29 is 4.79 Å². The van der Waals surface area contributed by atoms with Crippen molar-refractivity contribution in [3.8, 4) is 0 Å². The van der Waals surface area contributed by atoms with Gasteiger partial charge in [0.15, 0.2) is 0 Å². The van der Waals surface area contributed by atoms with Crippen LogP contribution in [0.5, 0.6) is 0 Å². The highest BCUT2D eigenvalue weighted by molar-refractivity contribution is 7.18. The fourth-order valence-electron chi connectivity index (χ4n) is 3.67. The van der Waals surface area contributed by atoms with Crippen LogP contribution in [0.25, 0.3) is 10.2 Å². The lowest BCUT2D eigenvalue weighted by Gasteiger charge is -2.05. The Balaban J connectivity index is 1.40. The Morgan fingerprint density at radius 2 is 2.04 bits per heavy atom. The van der Waals surface area contributed by atoms with E-state index in [0.29, 0.717) is 23.3 Å². The van der Waals surface area contributed by atoms with Gasteiger partial charge in [0.05, 0.1) is 5.39 Å². The first-order valence-corrected chi connectivity index (χ1v) is 11.4. The van der Waals surface area contributed by atoms with Crippen LogP contribution >= 0.6 is 22.7 Å². The van der Waals surface area contributed by atoms with Gasteiger partial charge in [-0.3, -0.25) is 9.59 Å². The average Bonchev–Trinajstić information content (AvgIpc) is 3.37. The van der Waals surface area contributed by atoms with E-state index in [1.165, 1.54) is 21.8 Å². The van der Waals surface area contributed by atoms with Crippen LogP contribution in [0.1, 0.15) is 66.7 Å². The Morgan fingerprint density at radius 3 is 2.82 bits per heavy atom. The number of hydrogen-bond donors (Lipinski definition) is 2. The molecule has 28 heavy (non-hydrogen) atoms. The first-order chi connectivity index (χ1) is 13.6. The standard InChI is InChI=1S/C19H23N5O2S2/c1-3-10(4-2)17-23-24-19(28-17)22-14(25)9-8-13-20-16(26)15-11-6-5-7-12(11)27-18(15)21-13/h10H,3-9H2,1-2H3,(H,20,21,26)(H,22,24,25). The molecule has 4 rings (SSSR count). The summed E-state index contributed by atoms with van der Waals surface area (Å²) in [4.78, 5) is 34.3. The number of fused-ring (bicyclic) bond motifs is 3. The number of aryl methyl sites for hydroxylation is 3. The molecule has 148 valence electrons. The summed E-state index contributed by atoms with van der Waals surface area (Å²) in [6.45, 7) is 4.25. The molecule has 0 bridgehead atoms. The molecule has 1 amide bonds. The minimum absolute atomic E-state index is 0.0845. The van der Waals surface area contributed by atoms with Crippen molar-refractivity contribution in [1.82, 2.24) is 20.2 Å². The van der Waals surface area contributed by atoms with Crippen molar-refractivity contribution >= 4 is 43.9 Å². The molecule has 0 fully saturated rings. The van der Waals surface area contributed by atoms with Gasteiger partial charge in [0.2, 0.25) is 11.0 Å². The molecule has 0 aromatic carbocycles. The molecule has 7 nitrogen and oxygen atoms in total. The number of nitrogens with zero attached hydrogens (tertiary/aromatic N) is 3. The van der Waals surface area contributed by atoms with Gasteiger partial charge in [0.25, 0.3) is 5.56 Å². The lowest BCUT2D eigenvalue weighted by Crippen LogP contribution is -2.16. The Labute approximate surface area is 170 Å². The zero-order chi connectivity index (χ0) is 19.7. The normalized spacial score (nSPS) is 13.4. The van der Waals surface area contributed by atoms with E-state index < -0.39 is 0 Å². The van der Waals surface area contributed by atoms with E-state index in [4.69, 9.17) is 0 Å². The number of amides is 1. The monoisotopic (exact) mass is 417 g/mol. The van der Waals surface area contributed by atoms with Gasteiger partial charge in [-0.05, 0) is 37.7 Å². The highest BCUT2D eigenvalue weighted by Crippen LogP contribution is 2.34. The zero-order valence-electron chi connectivity index (χ0n) is 16.0. The minimum Gasteiger partial charge on any atom is -0.310 e. The summed E-state index contributed by atoms with van der Waals surface area (Å²) in [5.41, 5.74) is 1.08. The molecule has 9 heteroatoms. The molecule has 1 aliphatic carbocycles. The number of H-pyrrole nitrogens is 1. The van der Waals surface area contributed by atoms with E-state index >= 15 is 0 Å². The molecule has 3 aromatic heterocycles. The topological polar surface area (TPSA) is 101 Å². The largest absolute Gasteiger partial charge is 0.310 e. The number of hydrogen-bond acceptors (Lipinski definition) is 7. The second-order valence-corrected chi connectivity index (χ2v) is 9.15. The van der Waals surface area contributed by atoms with Gasteiger partial charge in [-0.1, -0.05) is 25.2 Å². The molecule has 0 atom stereocenters. The highest BCUT2D eigenvalue weighted by atomic mass is 32.1. The summed E-state index contributed by atoms with van der Waals surface area (Å²) in [6, 6.07) is 0. The second kappa shape index (κ2) is 8.08. The summed E-state index contributed by atoms with van der Waals surface area (Å²) >= 11 is 3.04. The van der Waals surface area contributed by atoms with Crippen LogP contribution in [-0.2, 0) is 24.1 Å². The molecule has 0 spiro atoms. The summed E-state index contributed by atoms with van der Waals surface area (Å²) in [7, 11) is 0. The van der Waals surface area contributed by atoms with Crippen LogP contribution in [0, 0.1) is 0 Å². The summed E-state index contributed by atoms with van der Waals surface area (Å²) in [5, 5.41) is 13.3. The molecule has 0 radical (unpaired) electrons. The lowest BCUT2D eigenvalue weighted by atomic mass is 10.1. The zero-order valence-corrected chi connectivity index (χ0v) is 17.6. The number of aromatic nitrogens is 4. The van der Waals surface area contributed by atoms with Gasteiger partial charge in [-0.15, -0.1) is 21.5 Å². The summed E-state index contributed by atoms with van der Waals surface area (Å²) < 4.78 is 0. The smallest absolute Gasteiger partial charge is 0.259 e. The fourth-order valence-corrected chi connectivity index (χ4v) is 5.97. The number of rotatable bonds is 7. The maximum absolute atomic E-state index is 12.5. The molecular formula is C19H23N5O2S2. The third-order valence-electron chi connectivity index (χ3n) is 5.23. The number of aromatic amines is 1. The van der Waals surface area contributed by atoms with Crippen LogP contribution in [0.2, 0.25) is 0 Å². The minimum atomic E-state index is -0.149. The Kier molecular flexibility index (Phi) is 5.54. The van der Waals surface area contributed by atoms with Gasteiger partial charge >= 0.3 is 0 Å². The number of thiophene rings is 1. The Hall–Kier alpha value is -2.13. The predicted molar refractivity (Wildman–Crippen MR) is 112 cm³/mol. The first kappa shape index (κ1) is 19.2. The van der Waals surface area contributed by atoms with Crippen LogP contribution in [0.15, 0.2) is 4.79 Å². The number of carbonyl (C=O) groups excluding carboxylic acids is 1. The van der Waals surface area contributed by atoms with E-state index in [2.05, 4.69) is 39.3 Å². The predicted octanol–water partition coefficient (Wildman–Crippen LogP) is 3.80. The molecule has 0 aliphatic heterocycles.